The van der Waals surface area contributed by atoms with Gasteiger partial charge < -0.3 is 14.2 Å². The van der Waals surface area contributed by atoms with E-state index < -0.39 is 0 Å². The SMILES string of the molecule is COc1ccc(-c2nc3cccnc3n2C2CCN(C(=O)c3ccc(Cl)s3)C2)cc1. The smallest absolute Gasteiger partial charge is 0.264 e. The molecule has 0 N–H and O–H groups in total. The van der Waals surface area contributed by atoms with Crippen LogP contribution in [-0.4, -0.2) is 45.5 Å². The maximum atomic E-state index is 12.9. The summed E-state index contributed by atoms with van der Waals surface area (Å²) in [5.74, 6) is 1.68. The average Bonchev–Trinajstić information content (AvgIpc) is 3.51. The van der Waals surface area contributed by atoms with Crippen LogP contribution in [0.3, 0.4) is 0 Å². The fourth-order valence-corrected chi connectivity index (χ4v) is 4.95. The Hall–Kier alpha value is -2.90. The molecule has 1 saturated heterocycles. The summed E-state index contributed by atoms with van der Waals surface area (Å²) >= 11 is 7.33. The first kappa shape index (κ1) is 19.1. The molecule has 1 aromatic carbocycles. The minimum absolute atomic E-state index is 0.0257. The molecule has 4 heterocycles. The standard InChI is InChI=1S/C22H19ClN4O2S/c1-29-16-6-4-14(5-7-16)20-25-17-3-2-11-24-21(17)27(20)15-10-12-26(13-15)22(28)18-8-9-19(23)30-18/h2-9,11,15H,10,12-13H2,1H3. The van der Waals surface area contributed by atoms with Crippen LogP contribution in [0.25, 0.3) is 22.6 Å². The normalized spacial score (nSPS) is 16.3. The third kappa shape index (κ3) is 3.34. The van der Waals surface area contributed by atoms with Crippen LogP contribution in [0.15, 0.2) is 54.7 Å². The van der Waals surface area contributed by atoms with Crippen LogP contribution in [0.4, 0.5) is 0 Å². The van der Waals surface area contributed by atoms with Gasteiger partial charge in [0, 0.05) is 24.8 Å². The monoisotopic (exact) mass is 438 g/mol. The van der Waals surface area contributed by atoms with E-state index in [1.807, 2.05) is 41.3 Å². The van der Waals surface area contributed by atoms with Crippen molar-refractivity contribution in [3.05, 3.63) is 63.9 Å². The molecular formula is C22H19ClN4O2S. The number of hydrogen-bond acceptors (Lipinski definition) is 5. The van der Waals surface area contributed by atoms with Gasteiger partial charge in [0.1, 0.15) is 17.1 Å². The van der Waals surface area contributed by atoms with Gasteiger partial charge in [-0.25, -0.2) is 9.97 Å². The third-order valence-electron chi connectivity index (χ3n) is 5.40. The van der Waals surface area contributed by atoms with Crippen molar-refractivity contribution >= 4 is 40.0 Å². The van der Waals surface area contributed by atoms with Crippen molar-refractivity contribution in [2.75, 3.05) is 20.2 Å². The number of hydrogen-bond donors (Lipinski definition) is 0. The number of carbonyl (C=O) groups excluding carboxylic acids is 1. The van der Waals surface area contributed by atoms with Crippen LogP contribution in [0.2, 0.25) is 4.34 Å². The summed E-state index contributed by atoms with van der Waals surface area (Å²) in [4.78, 5) is 24.9. The van der Waals surface area contributed by atoms with Crippen LogP contribution in [0.5, 0.6) is 5.75 Å². The molecule has 0 bridgehead atoms. The summed E-state index contributed by atoms with van der Waals surface area (Å²) in [6.07, 6.45) is 2.62. The summed E-state index contributed by atoms with van der Waals surface area (Å²) < 4.78 is 8.08. The van der Waals surface area contributed by atoms with Gasteiger partial charge in [0.2, 0.25) is 0 Å². The largest absolute Gasteiger partial charge is 0.497 e. The molecule has 0 radical (unpaired) electrons. The quantitative estimate of drug-likeness (QED) is 0.454. The molecule has 30 heavy (non-hydrogen) atoms. The van der Waals surface area contributed by atoms with E-state index in [2.05, 4.69) is 9.55 Å². The van der Waals surface area contributed by atoms with Crippen molar-refractivity contribution in [3.8, 4) is 17.1 Å². The van der Waals surface area contributed by atoms with Gasteiger partial charge in [0.05, 0.1) is 22.4 Å². The first-order valence-electron chi connectivity index (χ1n) is 9.66. The third-order valence-corrected chi connectivity index (χ3v) is 6.62. The molecule has 1 atom stereocenters. The van der Waals surface area contributed by atoms with Gasteiger partial charge in [-0.15, -0.1) is 11.3 Å². The highest BCUT2D eigenvalue weighted by Crippen LogP contribution is 2.34. The minimum atomic E-state index is 0.0257. The van der Waals surface area contributed by atoms with Crippen LogP contribution in [0.1, 0.15) is 22.1 Å². The van der Waals surface area contributed by atoms with Crippen LogP contribution in [0, 0.1) is 0 Å². The molecule has 0 spiro atoms. The second-order valence-corrected chi connectivity index (χ2v) is 8.89. The Bertz CT molecular complexity index is 1220. The molecule has 1 aliphatic heterocycles. The Morgan fingerprint density at radius 1 is 1.20 bits per heavy atom. The number of pyridine rings is 1. The Balaban J connectivity index is 1.51. The molecule has 1 unspecified atom stereocenters. The Morgan fingerprint density at radius 2 is 2.03 bits per heavy atom. The lowest BCUT2D eigenvalue weighted by molar-refractivity contribution is 0.0792. The molecular weight excluding hydrogens is 420 g/mol. The number of fused-ring (bicyclic) bond motifs is 1. The molecule has 5 rings (SSSR count). The fourth-order valence-electron chi connectivity index (χ4n) is 3.94. The zero-order chi connectivity index (χ0) is 20.7. The molecule has 8 heteroatoms. The van der Waals surface area contributed by atoms with Crippen molar-refractivity contribution in [1.29, 1.82) is 0 Å². The number of nitrogens with zero attached hydrogens (tertiary/aromatic N) is 4. The van der Waals surface area contributed by atoms with E-state index in [4.69, 9.17) is 21.3 Å². The molecule has 6 nitrogen and oxygen atoms in total. The highest BCUT2D eigenvalue weighted by molar-refractivity contribution is 7.17. The van der Waals surface area contributed by atoms with E-state index in [1.54, 1.807) is 25.4 Å². The molecule has 0 saturated carbocycles. The van der Waals surface area contributed by atoms with Gasteiger partial charge >= 0.3 is 0 Å². The number of imidazole rings is 1. The number of thiophene rings is 1. The summed E-state index contributed by atoms with van der Waals surface area (Å²) in [6.45, 7) is 1.30. The molecule has 1 amide bonds. The topological polar surface area (TPSA) is 60.3 Å². The molecule has 3 aromatic heterocycles. The lowest BCUT2D eigenvalue weighted by atomic mass is 10.2. The fraction of sp³-hybridized carbons (Fsp3) is 0.227. The van der Waals surface area contributed by atoms with E-state index in [0.29, 0.717) is 22.3 Å². The van der Waals surface area contributed by atoms with E-state index in [-0.39, 0.29) is 11.9 Å². The van der Waals surface area contributed by atoms with Gasteiger partial charge in [-0.2, -0.15) is 0 Å². The van der Waals surface area contributed by atoms with Gasteiger partial charge in [-0.05, 0) is 55.0 Å². The Labute approximate surface area is 182 Å². The van der Waals surface area contributed by atoms with Crippen molar-refractivity contribution in [1.82, 2.24) is 19.4 Å². The first-order chi connectivity index (χ1) is 14.6. The Morgan fingerprint density at radius 3 is 2.77 bits per heavy atom. The number of halogens is 1. The number of benzene rings is 1. The van der Waals surface area contributed by atoms with E-state index >= 15 is 0 Å². The van der Waals surface area contributed by atoms with E-state index in [9.17, 15) is 4.79 Å². The van der Waals surface area contributed by atoms with Crippen molar-refractivity contribution in [2.24, 2.45) is 0 Å². The highest BCUT2D eigenvalue weighted by Gasteiger charge is 2.31. The van der Waals surface area contributed by atoms with Gasteiger partial charge in [0.15, 0.2) is 5.65 Å². The van der Waals surface area contributed by atoms with E-state index in [0.717, 1.165) is 34.7 Å². The zero-order valence-electron chi connectivity index (χ0n) is 16.3. The predicted molar refractivity (Wildman–Crippen MR) is 118 cm³/mol. The maximum absolute atomic E-state index is 12.9. The van der Waals surface area contributed by atoms with Crippen LogP contribution >= 0.6 is 22.9 Å². The summed E-state index contributed by atoms with van der Waals surface area (Å²) in [5, 5.41) is 0. The molecule has 1 fully saturated rings. The zero-order valence-corrected chi connectivity index (χ0v) is 17.9. The number of likely N-dealkylation sites (tertiary alicyclic amines) is 1. The number of rotatable bonds is 4. The van der Waals surface area contributed by atoms with Crippen molar-refractivity contribution < 1.29 is 9.53 Å². The average molecular weight is 439 g/mol. The van der Waals surface area contributed by atoms with Crippen molar-refractivity contribution in [3.63, 3.8) is 0 Å². The number of methoxy groups -OCH3 is 1. The van der Waals surface area contributed by atoms with Gasteiger partial charge in [-0.3, -0.25) is 4.79 Å². The molecule has 152 valence electrons. The Kier molecular flexibility index (Phi) is 4.92. The van der Waals surface area contributed by atoms with Crippen LogP contribution < -0.4 is 4.74 Å². The van der Waals surface area contributed by atoms with Crippen LogP contribution in [-0.2, 0) is 0 Å². The lowest BCUT2D eigenvalue weighted by Gasteiger charge is -2.18. The highest BCUT2D eigenvalue weighted by atomic mass is 35.5. The predicted octanol–water partition coefficient (Wildman–Crippen LogP) is 4.91. The second kappa shape index (κ2) is 7.74. The molecule has 1 aliphatic rings. The number of amides is 1. The van der Waals surface area contributed by atoms with Crippen molar-refractivity contribution in [2.45, 2.75) is 12.5 Å². The van der Waals surface area contributed by atoms with E-state index in [1.165, 1.54) is 11.3 Å². The maximum Gasteiger partial charge on any atom is 0.264 e. The number of aromatic nitrogens is 3. The summed E-state index contributed by atoms with van der Waals surface area (Å²) in [6, 6.07) is 15.4. The van der Waals surface area contributed by atoms with Gasteiger partial charge in [0.25, 0.3) is 5.91 Å². The first-order valence-corrected chi connectivity index (χ1v) is 10.9. The second-order valence-electron chi connectivity index (χ2n) is 7.18. The lowest BCUT2D eigenvalue weighted by Crippen LogP contribution is -2.28. The van der Waals surface area contributed by atoms with Gasteiger partial charge in [-0.1, -0.05) is 11.6 Å². The summed E-state index contributed by atoms with van der Waals surface area (Å²) in [5.41, 5.74) is 2.67. The molecule has 4 aromatic rings. The minimum Gasteiger partial charge on any atom is -0.497 e. The number of carbonyl (C=O) groups is 1. The number of ether oxygens (including phenoxy) is 1. The summed E-state index contributed by atoms with van der Waals surface area (Å²) in [7, 11) is 1.65. The molecule has 0 aliphatic carbocycles.